The van der Waals surface area contributed by atoms with Crippen molar-refractivity contribution in [2.24, 2.45) is 0 Å². The fourth-order valence-electron chi connectivity index (χ4n) is 1.00. The van der Waals surface area contributed by atoms with Crippen molar-refractivity contribution >= 4 is 11.6 Å². The lowest BCUT2D eigenvalue weighted by molar-refractivity contribution is 0.0937. The van der Waals surface area contributed by atoms with Gasteiger partial charge in [-0.3, -0.25) is 4.79 Å². The third-order valence-electron chi connectivity index (χ3n) is 1.76. The Morgan fingerprint density at radius 3 is 2.64 bits per heavy atom. The first-order chi connectivity index (χ1) is 6.74. The average molecular weight is 194 g/mol. The van der Waals surface area contributed by atoms with Crippen LogP contribution in [0, 0.1) is 0 Å². The topological polar surface area (TPSA) is 64.3 Å². The predicted molar refractivity (Wildman–Crippen MR) is 55.1 cm³/mol. The summed E-state index contributed by atoms with van der Waals surface area (Å²) in [6.45, 7) is 1.03. The number of carbonyl (C=O) groups excluding carboxylic acids is 1. The summed E-state index contributed by atoms with van der Waals surface area (Å²) in [5, 5.41) is 2.71. The van der Waals surface area contributed by atoms with Gasteiger partial charge in [-0.05, 0) is 24.3 Å². The molecule has 0 heterocycles. The van der Waals surface area contributed by atoms with E-state index in [2.05, 4.69) is 5.32 Å². The van der Waals surface area contributed by atoms with Crippen molar-refractivity contribution in [3.05, 3.63) is 29.8 Å². The van der Waals surface area contributed by atoms with E-state index in [-0.39, 0.29) is 5.91 Å². The second-order valence-corrected chi connectivity index (χ2v) is 2.87. The van der Waals surface area contributed by atoms with Crippen molar-refractivity contribution in [3.63, 3.8) is 0 Å². The van der Waals surface area contributed by atoms with Gasteiger partial charge in [0.05, 0.1) is 6.61 Å². The molecule has 3 N–H and O–H groups in total. The lowest BCUT2D eigenvalue weighted by atomic mass is 10.2. The maximum Gasteiger partial charge on any atom is 0.251 e. The Bertz CT molecular complexity index is 295. The Kier molecular flexibility index (Phi) is 3.94. The molecule has 1 amide bonds. The van der Waals surface area contributed by atoms with Crippen LogP contribution in [0.3, 0.4) is 0 Å². The van der Waals surface area contributed by atoms with Gasteiger partial charge in [0, 0.05) is 24.9 Å². The van der Waals surface area contributed by atoms with Crippen LogP contribution in [-0.4, -0.2) is 26.2 Å². The molecule has 0 saturated heterocycles. The van der Waals surface area contributed by atoms with Crippen LogP contribution in [0.2, 0.25) is 0 Å². The minimum absolute atomic E-state index is 0.109. The molecule has 76 valence electrons. The highest BCUT2D eigenvalue weighted by atomic mass is 16.5. The number of nitrogen functional groups attached to an aromatic ring is 1. The highest BCUT2D eigenvalue weighted by Crippen LogP contribution is 2.04. The number of anilines is 1. The molecular formula is C10H14N2O2. The summed E-state index contributed by atoms with van der Waals surface area (Å²) in [5.74, 6) is -0.109. The van der Waals surface area contributed by atoms with E-state index < -0.39 is 0 Å². The first kappa shape index (κ1) is 10.5. The number of rotatable bonds is 4. The fourth-order valence-corrected chi connectivity index (χ4v) is 1.00. The van der Waals surface area contributed by atoms with E-state index in [0.717, 1.165) is 0 Å². The third-order valence-corrected chi connectivity index (χ3v) is 1.76. The van der Waals surface area contributed by atoms with Gasteiger partial charge in [0.1, 0.15) is 0 Å². The van der Waals surface area contributed by atoms with Gasteiger partial charge in [0.25, 0.3) is 5.91 Å². The van der Waals surface area contributed by atoms with Gasteiger partial charge in [-0.15, -0.1) is 0 Å². The summed E-state index contributed by atoms with van der Waals surface area (Å²) in [5.41, 5.74) is 6.75. The zero-order valence-corrected chi connectivity index (χ0v) is 8.12. The van der Waals surface area contributed by atoms with Crippen LogP contribution in [0.4, 0.5) is 5.69 Å². The molecule has 0 aromatic heterocycles. The summed E-state index contributed by atoms with van der Waals surface area (Å²) >= 11 is 0. The second kappa shape index (κ2) is 5.24. The van der Waals surface area contributed by atoms with E-state index in [9.17, 15) is 4.79 Å². The van der Waals surface area contributed by atoms with Gasteiger partial charge in [-0.2, -0.15) is 0 Å². The first-order valence-corrected chi connectivity index (χ1v) is 4.36. The average Bonchev–Trinajstić information content (AvgIpc) is 2.19. The zero-order chi connectivity index (χ0) is 10.4. The van der Waals surface area contributed by atoms with Gasteiger partial charge < -0.3 is 15.8 Å². The molecule has 0 saturated carbocycles. The Hall–Kier alpha value is -1.55. The number of hydrogen-bond acceptors (Lipinski definition) is 3. The van der Waals surface area contributed by atoms with Crippen LogP contribution < -0.4 is 11.1 Å². The molecular weight excluding hydrogens is 180 g/mol. The summed E-state index contributed by atoms with van der Waals surface area (Å²) in [7, 11) is 1.59. The molecule has 0 radical (unpaired) electrons. The van der Waals surface area contributed by atoms with Crippen molar-refractivity contribution in [3.8, 4) is 0 Å². The molecule has 0 aliphatic carbocycles. The molecule has 1 aromatic rings. The fraction of sp³-hybridized carbons (Fsp3) is 0.300. The van der Waals surface area contributed by atoms with E-state index in [1.165, 1.54) is 0 Å². The first-order valence-electron chi connectivity index (χ1n) is 4.36. The van der Waals surface area contributed by atoms with Crippen molar-refractivity contribution in [2.45, 2.75) is 0 Å². The standard InChI is InChI=1S/C10H14N2O2/c1-14-7-6-12-10(13)8-2-4-9(11)5-3-8/h2-5H,6-7,11H2,1H3,(H,12,13). The Morgan fingerprint density at radius 2 is 2.07 bits per heavy atom. The normalized spacial score (nSPS) is 9.79. The minimum Gasteiger partial charge on any atom is -0.399 e. The molecule has 4 heteroatoms. The van der Waals surface area contributed by atoms with Gasteiger partial charge in [0.15, 0.2) is 0 Å². The molecule has 0 bridgehead atoms. The minimum atomic E-state index is -0.109. The van der Waals surface area contributed by atoms with E-state index in [1.54, 1.807) is 31.4 Å². The predicted octanol–water partition coefficient (Wildman–Crippen LogP) is 0.645. The number of nitrogens with one attached hydrogen (secondary N) is 1. The van der Waals surface area contributed by atoms with Crippen molar-refractivity contribution in [1.29, 1.82) is 0 Å². The maximum absolute atomic E-state index is 11.4. The van der Waals surface area contributed by atoms with Crippen LogP contribution in [0.25, 0.3) is 0 Å². The quantitative estimate of drug-likeness (QED) is 0.546. The van der Waals surface area contributed by atoms with Crippen LogP contribution in [0.5, 0.6) is 0 Å². The number of nitrogens with two attached hydrogens (primary N) is 1. The smallest absolute Gasteiger partial charge is 0.251 e. The van der Waals surface area contributed by atoms with Gasteiger partial charge in [-0.25, -0.2) is 0 Å². The van der Waals surface area contributed by atoms with Crippen LogP contribution in [0.1, 0.15) is 10.4 Å². The number of amides is 1. The van der Waals surface area contributed by atoms with Crippen LogP contribution in [0.15, 0.2) is 24.3 Å². The molecule has 14 heavy (non-hydrogen) atoms. The van der Waals surface area contributed by atoms with Crippen molar-refractivity contribution in [1.82, 2.24) is 5.32 Å². The number of ether oxygens (including phenoxy) is 1. The molecule has 0 unspecified atom stereocenters. The van der Waals surface area contributed by atoms with Crippen LogP contribution >= 0.6 is 0 Å². The monoisotopic (exact) mass is 194 g/mol. The van der Waals surface area contributed by atoms with E-state index in [0.29, 0.717) is 24.4 Å². The molecule has 0 spiro atoms. The molecule has 1 rings (SSSR count). The molecule has 0 aliphatic heterocycles. The van der Waals surface area contributed by atoms with E-state index in [1.807, 2.05) is 0 Å². The SMILES string of the molecule is COCCNC(=O)c1ccc(N)cc1. The molecule has 0 atom stereocenters. The van der Waals surface area contributed by atoms with Crippen molar-refractivity contribution < 1.29 is 9.53 Å². The summed E-state index contributed by atoms with van der Waals surface area (Å²) in [6, 6.07) is 6.78. The van der Waals surface area contributed by atoms with E-state index >= 15 is 0 Å². The highest BCUT2D eigenvalue weighted by Gasteiger charge is 2.02. The lowest BCUT2D eigenvalue weighted by Crippen LogP contribution is -2.26. The second-order valence-electron chi connectivity index (χ2n) is 2.87. The highest BCUT2D eigenvalue weighted by molar-refractivity contribution is 5.94. The largest absolute Gasteiger partial charge is 0.399 e. The lowest BCUT2D eigenvalue weighted by Gasteiger charge is -2.04. The van der Waals surface area contributed by atoms with Gasteiger partial charge in [0.2, 0.25) is 0 Å². The molecule has 1 aromatic carbocycles. The number of hydrogen-bond donors (Lipinski definition) is 2. The Labute approximate surface area is 83.1 Å². The molecule has 4 nitrogen and oxygen atoms in total. The Balaban J connectivity index is 2.48. The van der Waals surface area contributed by atoms with Gasteiger partial charge in [-0.1, -0.05) is 0 Å². The Morgan fingerprint density at radius 1 is 1.43 bits per heavy atom. The number of benzene rings is 1. The maximum atomic E-state index is 11.4. The summed E-state index contributed by atoms with van der Waals surface area (Å²) in [4.78, 5) is 11.4. The van der Waals surface area contributed by atoms with E-state index in [4.69, 9.17) is 10.5 Å². The van der Waals surface area contributed by atoms with Crippen LogP contribution in [-0.2, 0) is 4.74 Å². The number of carbonyl (C=O) groups is 1. The summed E-state index contributed by atoms with van der Waals surface area (Å²) < 4.78 is 4.81. The number of methoxy groups -OCH3 is 1. The zero-order valence-electron chi connectivity index (χ0n) is 8.12. The molecule has 0 aliphatic rings. The van der Waals surface area contributed by atoms with Gasteiger partial charge >= 0.3 is 0 Å². The third kappa shape index (κ3) is 3.06. The van der Waals surface area contributed by atoms with Crippen molar-refractivity contribution in [2.75, 3.05) is 26.0 Å². The molecule has 0 fully saturated rings. The summed E-state index contributed by atoms with van der Waals surface area (Å²) in [6.07, 6.45) is 0.